The minimum Gasteiger partial charge on any atom is -0.329 e. The topological polar surface area (TPSA) is 67.2 Å². The molecule has 0 aliphatic rings. The van der Waals surface area contributed by atoms with E-state index in [-0.39, 0.29) is 29.7 Å². The van der Waals surface area contributed by atoms with Gasteiger partial charge in [-0.2, -0.15) is 5.10 Å². The molecule has 0 bridgehead atoms. The Labute approximate surface area is 204 Å². The predicted molar refractivity (Wildman–Crippen MR) is 136 cm³/mol. The Morgan fingerprint density at radius 3 is 2.36 bits per heavy atom. The van der Waals surface area contributed by atoms with E-state index in [4.69, 9.17) is 5.10 Å². The van der Waals surface area contributed by atoms with Gasteiger partial charge in [0.1, 0.15) is 12.4 Å². The molecule has 0 aliphatic carbocycles. The van der Waals surface area contributed by atoms with Crippen LogP contribution in [0.2, 0.25) is 0 Å². The van der Waals surface area contributed by atoms with Gasteiger partial charge in [0.25, 0.3) is 5.91 Å². The van der Waals surface area contributed by atoms with Gasteiger partial charge in [0.05, 0.1) is 11.4 Å². The molecule has 1 aromatic heterocycles. The number of aromatic nitrogens is 2. The lowest BCUT2D eigenvalue weighted by Gasteiger charge is -2.24. The lowest BCUT2D eigenvalue weighted by molar-refractivity contribution is -0.117. The molecule has 1 N–H and O–H groups in total. The van der Waals surface area contributed by atoms with Gasteiger partial charge in [-0.1, -0.05) is 74.8 Å². The van der Waals surface area contributed by atoms with Crippen LogP contribution in [0.15, 0.2) is 65.1 Å². The zero-order valence-corrected chi connectivity index (χ0v) is 21.4. The second-order valence-electron chi connectivity index (χ2n) is 9.55. The second kappa shape index (κ2) is 10.3. The summed E-state index contributed by atoms with van der Waals surface area (Å²) in [5.41, 5.74) is 2.08. The number of benzene rings is 2. The Balaban J connectivity index is 1.85. The number of hydrogen-bond acceptors (Lipinski definition) is 3. The van der Waals surface area contributed by atoms with Gasteiger partial charge in [-0.3, -0.25) is 9.59 Å². The summed E-state index contributed by atoms with van der Waals surface area (Å²) < 4.78 is 2.56. The van der Waals surface area contributed by atoms with Crippen LogP contribution in [0.25, 0.3) is 5.69 Å². The lowest BCUT2D eigenvalue weighted by atomic mass is 9.92. The number of nitrogens with one attached hydrogen (secondary N) is 1. The van der Waals surface area contributed by atoms with Gasteiger partial charge in [0, 0.05) is 28.1 Å². The molecule has 3 aromatic rings. The third-order valence-corrected chi connectivity index (χ3v) is 5.52. The first-order chi connectivity index (χ1) is 15.5. The van der Waals surface area contributed by atoms with Crippen molar-refractivity contribution in [3.05, 3.63) is 76.4 Å². The van der Waals surface area contributed by atoms with Gasteiger partial charge in [-0.15, -0.1) is 0 Å². The van der Waals surface area contributed by atoms with Crippen LogP contribution >= 0.6 is 15.9 Å². The van der Waals surface area contributed by atoms with Gasteiger partial charge in [0.15, 0.2) is 0 Å². The molecule has 2 amide bonds. The Bertz CT molecular complexity index is 1120. The Hall–Kier alpha value is -2.93. The molecule has 0 spiro atoms. The van der Waals surface area contributed by atoms with Crippen molar-refractivity contribution in [1.82, 2.24) is 14.7 Å². The molecule has 0 saturated carbocycles. The zero-order valence-electron chi connectivity index (χ0n) is 19.8. The maximum absolute atomic E-state index is 13.2. The summed E-state index contributed by atoms with van der Waals surface area (Å²) in [7, 11) is 0. The van der Waals surface area contributed by atoms with Crippen LogP contribution < -0.4 is 5.32 Å². The fourth-order valence-corrected chi connectivity index (χ4v) is 3.82. The summed E-state index contributed by atoms with van der Waals surface area (Å²) in [6.45, 7) is 10.7. The fourth-order valence-electron chi connectivity index (χ4n) is 3.42. The van der Waals surface area contributed by atoms with Crippen molar-refractivity contribution in [1.29, 1.82) is 0 Å². The van der Waals surface area contributed by atoms with Crippen molar-refractivity contribution in [3.8, 4) is 5.69 Å². The highest BCUT2D eigenvalue weighted by Crippen LogP contribution is 2.26. The summed E-state index contributed by atoms with van der Waals surface area (Å²) in [6, 6.07) is 18.8. The van der Waals surface area contributed by atoms with Crippen molar-refractivity contribution in [3.63, 3.8) is 0 Å². The van der Waals surface area contributed by atoms with Crippen LogP contribution in [0.5, 0.6) is 0 Å². The zero-order chi connectivity index (χ0) is 24.2. The van der Waals surface area contributed by atoms with Crippen LogP contribution in [-0.4, -0.2) is 39.6 Å². The Kier molecular flexibility index (Phi) is 7.74. The van der Waals surface area contributed by atoms with Crippen LogP contribution in [0.4, 0.5) is 5.82 Å². The number of anilines is 1. The number of carbonyl (C=O) groups is 2. The largest absolute Gasteiger partial charge is 0.329 e. The molecule has 3 rings (SSSR count). The summed E-state index contributed by atoms with van der Waals surface area (Å²) in [5, 5.41) is 7.72. The maximum atomic E-state index is 13.2. The van der Waals surface area contributed by atoms with Crippen molar-refractivity contribution in [2.75, 3.05) is 18.4 Å². The molecular formula is C26H31BrN4O2. The maximum Gasteiger partial charge on any atom is 0.254 e. The van der Waals surface area contributed by atoms with E-state index in [0.29, 0.717) is 17.9 Å². The molecule has 0 fully saturated rings. The third-order valence-electron chi connectivity index (χ3n) is 5.02. The van der Waals surface area contributed by atoms with Gasteiger partial charge >= 0.3 is 0 Å². The molecule has 0 saturated heterocycles. The van der Waals surface area contributed by atoms with E-state index in [1.165, 1.54) is 0 Å². The highest BCUT2D eigenvalue weighted by molar-refractivity contribution is 9.10. The molecule has 2 aromatic carbocycles. The molecule has 0 unspecified atom stereocenters. The molecule has 33 heavy (non-hydrogen) atoms. The van der Waals surface area contributed by atoms with Gasteiger partial charge in [0.2, 0.25) is 5.91 Å². The van der Waals surface area contributed by atoms with E-state index in [1.807, 2.05) is 62.4 Å². The molecular weight excluding hydrogens is 480 g/mol. The number of rotatable bonds is 7. The Morgan fingerprint density at radius 2 is 1.76 bits per heavy atom. The first-order valence-electron chi connectivity index (χ1n) is 11.1. The van der Waals surface area contributed by atoms with E-state index in [9.17, 15) is 9.59 Å². The number of nitrogens with zero attached hydrogens (tertiary/aromatic N) is 3. The predicted octanol–water partition coefficient (Wildman–Crippen LogP) is 5.67. The van der Waals surface area contributed by atoms with E-state index >= 15 is 0 Å². The van der Waals surface area contributed by atoms with Crippen LogP contribution in [0.1, 0.15) is 50.7 Å². The first-order valence-corrected chi connectivity index (χ1v) is 11.8. The number of carbonyl (C=O) groups excluding carboxylic acids is 2. The molecule has 6 nitrogen and oxygen atoms in total. The van der Waals surface area contributed by atoms with Crippen LogP contribution in [0, 0.1) is 5.92 Å². The first kappa shape index (κ1) is 24.7. The highest BCUT2D eigenvalue weighted by Gasteiger charge is 2.24. The minimum atomic E-state index is -0.267. The van der Waals surface area contributed by atoms with Crippen molar-refractivity contribution >= 4 is 33.6 Å². The molecule has 174 valence electrons. The summed E-state index contributed by atoms with van der Waals surface area (Å²) >= 11 is 3.41. The van der Waals surface area contributed by atoms with Crippen molar-refractivity contribution < 1.29 is 9.59 Å². The van der Waals surface area contributed by atoms with Crippen LogP contribution in [0.3, 0.4) is 0 Å². The minimum absolute atomic E-state index is 0.0473. The quantitative estimate of drug-likeness (QED) is 0.445. The van der Waals surface area contributed by atoms with E-state index in [1.54, 1.807) is 21.7 Å². The van der Waals surface area contributed by atoms with Gasteiger partial charge in [-0.25, -0.2) is 4.68 Å². The number of hydrogen-bond donors (Lipinski definition) is 1. The van der Waals surface area contributed by atoms with E-state index in [0.717, 1.165) is 15.9 Å². The number of halogens is 1. The fraction of sp³-hybridized carbons (Fsp3) is 0.346. The van der Waals surface area contributed by atoms with Crippen LogP contribution in [-0.2, 0) is 10.2 Å². The monoisotopic (exact) mass is 510 g/mol. The SMILES string of the molecule is CC(C)CN(CC(=O)Nc1cc(C(C)(C)C)nn1-c1ccccc1)C(=O)c1cccc(Br)c1. The standard InChI is InChI=1S/C26H31BrN4O2/c1-18(2)16-30(25(33)19-10-9-11-20(27)14-19)17-24(32)28-23-15-22(26(3,4)5)29-31(23)21-12-7-6-8-13-21/h6-15,18H,16-17H2,1-5H3,(H,28,32). The summed E-state index contributed by atoms with van der Waals surface area (Å²) in [4.78, 5) is 27.8. The Morgan fingerprint density at radius 1 is 1.06 bits per heavy atom. The molecule has 0 aliphatic heterocycles. The molecule has 0 atom stereocenters. The summed E-state index contributed by atoms with van der Waals surface area (Å²) in [6.07, 6.45) is 0. The number of para-hydroxylation sites is 1. The van der Waals surface area contributed by atoms with Crippen molar-refractivity contribution in [2.24, 2.45) is 5.92 Å². The smallest absolute Gasteiger partial charge is 0.254 e. The van der Waals surface area contributed by atoms with Gasteiger partial charge in [-0.05, 0) is 36.2 Å². The lowest BCUT2D eigenvalue weighted by Crippen LogP contribution is -2.40. The second-order valence-corrected chi connectivity index (χ2v) is 10.5. The average molecular weight is 511 g/mol. The average Bonchev–Trinajstić information content (AvgIpc) is 3.17. The highest BCUT2D eigenvalue weighted by atomic mass is 79.9. The molecule has 1 heterocycles. The third kappa shape index (κ3) is 6.54. The normalized spacial score (nSPS) is 11.5. The van der Waals surface area contributed by atoms with Crippen molar-refractivity contribution in [2.45, 2.75) is 40.0 Å². The molecule has 7 heteroatoms. The molecule has 0 radical (unpaired) electrons. The summed E-state index contributed by atoms with van der Waals surface area (Å²) in [5.74, 6) is 0.357. The number of amides is 2. The van der Waals surface area contributed by atoms with Gasteiger partial charge < -0.3 is 10.2 Å². The van der Waals surface area contributed by atoms with E-state index < -0.39 is 0 Å². The van der Waals surface area contributed by atoms with E-state index in [2.05, 4.69) is 42.0 Å².